The van der Waals surface area contributed by atoms with Crippen LogP contribution in [0.15, 0.2) is 0 Å². The van der Waals surface area contributed by atoms with Crippen LogP contribution in [0.1, 0.15) is 6.92 Å². The van der Waals surface area contributed by atoms with E-state index in [1.165, 1.54) is 0 Å². The van der Waals surface area contributed by atoms with Crippen molar-refractivity contribution in [2.45, 2.75) is 43.5 Å². The van der Waals surface area contributed by atoms with E-state index in [2.05, 4.69) is 0 Å². The summed E-state index contributed by atoms with van der Waals surface area (Å²) in [5.74, 6) is -1.36. The number of Topliss-reactive ketones (excluding diaryl/α,β-unsaturated/α-hetero) is 1. The van der Waals surface area contributed by atoms with Crippen molar-refractivity contribution >= 4 is 5.78 Å². The van der Waals surface area contributed by atoms with Crippen molar-refractivity contribution in [2.75, 3.05) is 6.61 Å². The molecule has 17 heavy (non-hydrogen) atoms. The highest BCUT2D eigenvalue weighted by atomic mass is 16.4. The molecule has 0 aliphatic heterocycles. The number of ketones is 1. The summed E-state index contributed by atoms with van der Waals surface area (Å²) in [7, 11) is 0. The highest BCUT2D eigenvalue weighted by molar-refractivity contribution is 5.88. The SMILES string of the molecule is C[C@@H](O)[C@H](O)[C@H](O)C(=O)[C@H](O)[C@H](O)[C@@H](O)CO. The normalized spacial score (nSPS) is 22.4. The van der Waals surface area contributed by atoms with Crippen molar-refractivity contribution in [1.82, 2.24) is 0 Å². The van der Waals surface area contributed by atoms with Crippen molar-refractivity contribution in [3.05, 3.63) is 0 Å². The third-order valence-electron chi connectivity index (χ3n) is 2.31. The van der Waals surface area contributed by atoms with Crippen LogP contribution in [0, 0.1) is 0 Å². The molecule has 0 heterocycles. The minimum atomic E-state index is -2.18. The number of aliphatic hydroxyl groups excluding tert-OH is 7. The number of carbonyl (C=O) groups is 1. The summed E-state index contributed by atoms with van der Waals surface area (Å²) in [6.45, 7) is 0.229. The van der Waals surface area contributed by atoms with E-state index in [4.69, 9.17) is 20.4 Å². The predicted octanol–water partition coefficient (Wildman–Crippen LogP) is -4.27. The lowest BCUT2D eigenvalue weighted by Gasteiger charge is -2.25. The molecule has 8 nitrogen and oxygen atoms in total. The largest absolute Gasteiger partial charge is 0.394 e. The Hall–Kier alpha value is -0.610. The number of hydrogen-bond acceptors (Lipinski definition) is 8. The van der Waals surface area contributed by atoms with E-state index in [0.29, 0.717) is 0 Å². The van der Waals surface area contributed by atoms with Gasteiger partial charge < -0.3 is 35.7 Å². The van der Waals surface area contributed by atoms with Gasteiger partial charge in [0, 0.05) is 0 Å². The molecule has 8 heteroatoms. The molecule has 0 radical (unpaired) electrons. The molecule has 0 unspecified atom stereocenters. The molecule has 0 aromatic heterocycles. The van der Waals surface area contributed by atoms with Gasteiger partial charge in [0.05, 0.1) is 12.7 Å². The zero-order valence-corrected chi connectivity index (χ0v) is 9.21. The highest BCUT2D eigenvalue weighted by Crippen LogP contribution is 2.08. The van der Waals surface area contributed by atoms with E-state index < -0.39 is 49.0 Å². The van der Waals surface area contributed by atoms with Gasteiger partial charge in [-0.25, -0.2) is 0 Å². The number of carbonyl (C=O) groups excluding carboxylic acids is 1. The van der Waals surface area contributed by atoms with Gasteiger partial charge in [-0.1, -0.05) is 0 Å². The zero-order chi connectivity index (χ0) is 13.7. The Labute approximate surface area is 97.4 Å². The fraction of sp³-hybridized carbons (Fsp3) is 0.889. The second-order valence-electron chi connectivity index (χ2n) is 3.76. The van der Waals surface area contributed by atoms with Crippen LogP contribution in [0.4, 0.5) is 0 Å². The highest BCUT2D eigenvalue weighted by Gasteiger charge is 2.37. The third kappa shape index (κ3) is 4.28. The molecule has 0 bridgehead atoms. The predicted molar refractivity (Wildman–Crippen MR) is 53.8 cm³/mol. The molecule has 7 N–H and O–H groups in total. The van der Waals surface area contributed by atoms with Gasteiger partial charge in [0.2, 0.25) is 0 Å². The van der Waals surface area contributed by atoms with Crippen LogP contribution in [0.25, 0.3) is 0 Å². The first-order valence-corrected chi connectivity index (χ1v) is 4.97. The lowest BCUT2D eigenvalue weighted by Crippen LogP contribution is -2.51. The smallest absolute Gasteiger partial charge is 0.195 e. The van der Waals surface area contributed by atoms with Crippen molar-refractivity contribution < 1.29 is 40.5 Å². The molecule has 0 saturated heterocycles. The average Bonchev–Trinajstić information content (AvgIpc) is 2.32. The molecule has 0 aromatic rings. The van der Waals surface area contributed by atoms with Gasteiger partial charge in [-0.05, 0) is 6.92 Å². The van der Waals surface area contributed by atoms with Crippen LogP contribution >= 0.6 is 0 Å². The topological polar surface area (TPSA) is 159 Å². The molecule has 0 amide bonds. The minimum Gasteiger partial charge on any atom is -0.394 e. The van der Waals surface area contributed by atoms with E-state index in [1.807, 2.05) is 0 Å². The first-order chi connectivity index (χ1) is 7.73. The average molecular weight is 254 g/mol. The molecular weight excluding hydrogens is 236 g/mol. The molecular formula is C9H18O8. The van der Waals surface area contributed by atoms with E-state index >= 15 is 0 Å². The standard InChI is InChI=1S/C9H18O8/c1-3(11)5(13)7(15)9(17)8(16)6(14)4(12)2-10/h3-8,10-16H,2H2,1H3/t3-,4+,5+,6-,7+,8-/m1/s1. The summed E-state index contributed by atoms with van der Waals surface area (Å²) in [5, 5.41) is 63.3. The maximum atomic E-state index is 11.3. The Morgan fingerprint density at radius 1 is 0.941 bits per heavy atom. The lowest BCUT2D eigenvalue weighted by molar-refractivity contribution is -0.157. The van der Waals surface area contributed by atoms with Crippen molar-refractivity contribution in [1.29, 1.82) is 0 Å². The van der Waals surface area contributed by atoms with Crippen LogP contribution in [-0.4, -0.2) is 84.8 Å². The van der Waals surface area contributed by atoms with Crippen LogP contribution in [0.2, 0.25) is 0 Å². The fourth-order valence-corrected chi connectivity index (χ4v) is 1.09. The summed E-state index contributed by atoms with van der Waals surface area (Å²) < 4.78 is 0. The molecule has 6 atom stereocenters. The Bertz CT molecular complexity index is 243. The summed E-state index contributed by atoms with van der Waals surface area (Å²) in [4.78, 5) is 11.3. The lowest BCUT2D eigenvalue weighted by atomic mass is 9.96. The molecule has 0 fully saturated rings. The van der Waals surface area contributed by atoms with Gasteiger partial charge in [0.25, 0.3) is 0 Å². The van der Waals surface area contributed by atoms with Gasteiger partial charge in [0.1, 0.15) is 30.5 Å². The van der Waals surface area contributed by atoms with Crippen LogP contribution in [-0.2, 0) is 4.79 Å². The second kappa shape index (κ2) is 6.97. The summed E-state index contributed by atoms with van der Waals surface area (Å²) in [6.07, 6.45) is -11.3. The summed E-state index contributed by atoms with van der Waals surface area (Å²) in [6, 6.07) is 0. The van der Waals surface area contributed by atoms with E-state index in [-0.39, 0.29) is 0 Å². The second-order valence-corrected chi connectivity index (χ2v) is 3.76. The van der Waals surface area contributed by atoms with Gasteiger partial charge in [0.15, 0.2) is 5.78 Å². The molecule has 0 saturated carbocycles. The van der Waals surface area contributed by atoms with Crippen molar-refractivity contribution in [3.63, 3.8) is 0 Å². The number of hydrogen-bond donors (Lipinski definition) is 7. The fourth-order valence-electron chi connectivity index (χ4n) is 1.09. The molecule has 0 aliphatic carbocycles. The Balaban J connectivity index is 4.59. The van der Waals surface area contributed by atoms with E-state index in [1.54, 1.807) is 0 Å². The summed E-state index contributed by atoms with van der Waals surface area (Å²) in [5.41, 5.74) is 0. The zero-order valence-electron chi connectivity index (χ0n) is 9.21. The third-order valence-corrected chi connectivity index (χ3v) is 2.31. The number of rotatable bonds is 7. The number of aliphatic hydroxyl groups is 7. The van der Waals surface area contributed by atoms with Crippen molar-refractivity contribution in [3.8, 4) is 0 Å². The maximum absolute atomic E-state index is 11.3. The first kappa shape index (κ1) is 16.4. The van der Waals surface area contributed by atoms with E-state index in [0.717, 1.165) is 6.92 Å². The minimum absolute atomic E-state index is 0.888. The monoisotopic (exact) mass is 254 g/mol. The molecule has 102 valence electrons. The van der Waals surface area contributed by atoms with Crippen LogP contribution in [0.5, 0.6) is 0 Å². The Morgan fingerprint density at radius 2 is 1.35 bits per heavy atom. The maximum Gasteiger partial charge on any atom is 0.195 e. The van der Waals surface area contributed by atoms with Crippen LogP contribution in [0.3, 0.4) is 0 Å². The van der Waals surface area contributed by atoms with Gasteiger partial charge in [-0.2, -0.15) is 0 Å². The summed E-state index contributed by atoms with van der Waals surface area (Å²) >= 11 is 0. The van der Waals surface area contributed by atoms with Crippen LogP contribution < -0.4 is 0 Å². The van der Waals surface area contributed by atoms with Gasteiger partial charge in [-0.15, -0.1) is 0 Å². The quantitative estimate of drug-likeness (QED) is 0.240. The molecule has 0 rings (SSSR count). The van der Waals surface area contributed by atoms with Crippen molar-refractivity contribution in [2.24, 2.45) is 0 Å². The molecule has 0 aromatic carbocycles. The first-order valence-electron chi connectivity index (χ1n) is 4.97. The molecule has 0 aliphatic rings. The Morgan fingerprint density at radius 3 is 1.71 bits per heavy atom. The van der Waals surface area contributed by atoms with E-state index in [9.17, 15) is 20.1 Å². The van der Waals surface area contributed by atoms with Gasteiger partial charge in [-0.3, -0.25) is 4.79 Å². The molecule has 0 spiro atoms. The Kier molecular flexibility index (Phi) is 6.72. The van der Waals surface area contributed by atoms with Gasteiger partial charge >= 0.3 is 0 Å².